The van der Waals surface area contributed by atoms with Gasteiger partial charge in [0.05, 0.1) is 0 Å². The normalized spacial score (nSPS) is 14.9. The highest BCUT2D eigenvalue weighted by Crippen LogP contribution is 2.24. The largest absolute Gasteiger partial charge is 0.315 e. The van der Waals surface area contributed by atoms with Gasteiger partial charge in [0.1, 0.15) is 5.91 Å². The summed E-state index contributed by atoms with van der Waals surface area (Å²) in [6.45, 7) is 7.57. The van der Waals surface area contributed by atoms with Gasteiger partial charge in [0, 0.05) is 19.6 Å². The summed E-state index contributed by atoms with van der Waals surface area (Å²) in [5, 5.41) is 6.84. The first-order valence-electron chi connectivity index (χ1n) is 7.57. The molecule has 0 bridgehead atoms. The molecule has 2 rings (SSSR count). The summed E-state index contributed by atoms with van der Waals surface area (Å²) in [4.78, 5) is 10.8. The summed E-state index contributed by atoms with van der Waals surface area (Å²) in [5.74, 6) is 1.19. The summed E-state index contributed by atoms with van der Waals surface area (Å²) >= 11 is 0. The monoisotopic (exact) mass is 300 g/mol. The van der Waals surface area contributed by atoms with Gasteiger partial charge in [-0.2, -0.15) is 0 Å². The molecule has 0 atom stereocenters. The SMILES string of the molecule is C=Cc1ccc(CNCCNCCC[Si]2(C=O)C=C2)cc1. The second-order valence-corrected chi connectivity index (χ2v) is 9.17. The zero-order chi connectivity index (χ0) is 15.0. The molecule has 0 fully saturated rings. The van der Waals surface area contributed by atoms with Gasteiger partial charge in [0.2, 0.25) is 0 Å². The lowest BCUT2D eigenvalue weighted by Crippen LogP contribution is -2.29. The molecule has 0 saturated carbocycles. The van der Waals surface area contributed by atoms with Crippen LogP contribution in [0, 0.1) is 0 Å². The van der Waals surface area contributed by atoms with Crippen molar-refractivity contribution < 1.29 is 4.79 Å². The number of nitrogens with one attached hydrogen (secondary N) is 2. The van der Waals surface area contributed by atoms with Crippen molar-refractivity contribution in [2.75, 3.05) is 19.6 Å². The van der Waals surface area contributed by atoms with E-state index in [1.54, 1.807) is 0 Å². The third kappa shape index (κ3) is 5.42. The number of hydrogen-bond acceptors (Lipinski definition) is 3. The third-order valence-corrected chi connectivity index (χ3v) is 6.65. The number of hydrogen-bond donors (Lipinski definition) is 2. The molecule has 1 aliphatic rings. The minimum Gasteiger partial charge on any atom is -0.315 e. The molecule has 1 aliphatic heterocycles. The molecule has 1 aromatic carbocycles. The van der Waals surface area contributed by atoms with E-state index in [4.69, 9.17) is 0 Å². The molecule has 0 radical (unpaired) electrons. The number of benzene rings is 1. The summed E-state index contributed by atoms with van der Waals surface area (Å²) in [5.41, 5.74) is 6.69. The fourth-order valence-electron chi connectivity index (χ4n) is 2.24. The molecule has 3 nitrogen and oxygen atoms in total. The lowest BCUT2D eigenvalue weighted by atomic mass is 10.1. The Bertz CT molecular complexity index is 490. The average molecular weight is 300 g/mol. The van der Waals surface area contributed by atoms with Gasteiger partial charge in [-0.1, -0.05) is 48.3 Å². The van der Waals surface area contributed by atoms with Crippen molar-refractivity contribution >= 4 is 20.1 Å². The molecule has 4 heteroatoms. The number of carbonyl (C=O) groups excluding carboxylic acids is 1. The highest BCUT2D eigenvalue weighted by atomic mass is 28.3. The van der Waals surface area contributed by atoms with Crippen molar-refractivity contribution in [2.24, 2.45) is 0 Å². The van der Waals surface area contributed by atoms with Crippen LogP contribution in [0.1, 0.15) is 17.5 Å². The van der Waals surface area contributed by atoms with E-state index in [2.05, 4.69) is 52.9 Å². The fourth-order valence-corrected chi connectivity index (χ4v) is 4.49. The third-order valence-electron chi connectivity index (χ3n) is 3.80. The summed E-state index contributed by atoms with van der Waals surface area (Å²) in [6.07, 6.45) is 2.96. The number of rotatable bonds is 11. The molecule has 0 amide bonds. The quantitative estimate of drug-likeness (QED) is 0.374. The van der Waals surface area contributed by atoms with Crippen molar-refractivity contribution in [1.82, 2.24) is 10.6 Å². The average Bonchev–Trinajstić information content (AvgIpc) is 3.31. The lowest BCUT2D eigenvalue weighted by molar-refractivity contribution is 0.567. The standard InChI is InChI=1S/C17H24N2OSi/c1-2-16-4-6-17(7-5-16)14-19-10-9-18-8-3-11-21(15-20)12-13-21/h2,4-7,12-13,15,18-19H,1,3,8-11,14H2. The molecule has 21 heavy (non-hydrogen) atoms. The van der Waals surface area contributed by atoms with Crippen LogP contribution in [0.2, 0.25) is 6.04 Å². The predicted molar refractivity (Wildman–Crippen MR) is 92.2 cm³/mol. The zero-order valence-corrected chi connectivity index (χ0v) is 13.5. The molecule has 112 valence electrons. The first-order chi connectivity index (χ1) is 10.3. The van der Waals surface area contributed by atoms with Crippen LogP contribution in [-0.2, 0) is 11.3 Å². The summed E-state index contributed by atoms with van der Waals surface area (Å²) in [7, 11) is -1.55. The van der Waals surface area contributed by atoms with Crippen molar-refractivity contribution in [2.45, 2.75) is 19.0 Å². The minimum absolute atomic E-state index is 0.893. The molecule has 0 unspecified atom stereocenters. The van der Waals surface area contributed by atoms with Crippen LogP contribution in [0.15, 0.2) is 42.2 Å². The van der Waals surface area contributed by atoms with E-state index in [1.165, 1.54) is 11.5 Å². The van der Waals surface area contributed by atoms with Crippen LogP contribution in [0.5, 0.6) is 0 Å². The Balaban J connectivity index is 1.46. The van der Waals surface area contributed by atoms with Crippen molar-refractivity contribution in [3.63, 3.8) is 0 Å². The van der Waals surface area contributed by atoms with Gasteiger partial charge < -0.3 is 15.4 Å². The smallest absolute Gasteiger partial charge is 0.174 e. The van der Waals surface area contributed by atoms with Crippen LogP contribution in [-0.4, -0.2) is 33.6 Å². The van der Waals surface area contributed by atoms with Crippen molar-refractivity contribution in [1.29, 1.82) is 0 Å². The van der Waals surface area contributed by atoms with E-state index >= 15 is 0 Å². The second-order valence-electron chi connectivity index (χ2n) is 5.54. The minimum atomic E-state index is -1.55. The summed E-state index contributed by atoms with van der Waals surface area (Å²) in [6, 6.07) is 9.50. The van der Waals surface area contributed by atoms with Gasteiger partial charge in [0.25, 0.3) is 0 Å². The van der Waals surface area contributed by atoms with E-state index in [9.17, 15) is 4.79 Å². The van der Waals surface area contributed by atoms with Gasteiger partial charge >= 0.3 is 0 Å². The van der Waals surface area contributed by atoms with Crippen LogP contribution in [0.3, 0.4) is 0 Å². The van der Waals surface area contributed by atoms with Gasteiger partial charge in [-0.15, -0.1) is 0 Å². The van der Waals surface area contributed by atoms with Crippen LogP contribution in [0.25, 0.3) is 6.08 Å². The maximum Gasteiger partial charge on any atom is 0.174 e. The Morgan fingerprint density at radius 2 is 1.76 bits per heavy atom. The maximum atomic E-state index is 10.8. The second kappa shape index (κ2) is 8.07. The number of carbonyl (C=O) groups is 1. The van der Waals surface area contributed by atoms with E-state index in [1.807, 2.05) is 6.08 Å². The molecule has 0 aliphatic carbocycles. The zero-order valence-electron chi connectivity index (χ0n) is 12.5. The van der Waals surface area contributed by atoms with E-state index in [-0.39, 0.29) is 0 Å². The predicted octanol–water partition coefficient (Wildman–Crippen LogP) is 2.27. The van der Waals surface area contributed by atoms with Crippen molar-refractivity contribution in [3.05, 3.63) is 53.4 Å². The molecule has 0 aromatic heterocycles. The Morgan fingerprint density at radius 3 is 2.38 bits per heavy atom. The Morgan fingerprint density at radius 1 is 1.05 bits per heavy atom. The first-order valence-corrected chi connectivity index (χ1v) is 10.0. The highest BCUT2D eigenvalue weighted by molar-refractivity contribution is 7.16. The Hall–Kier alpha value is -1.49. The summed E-state index contributed by atoms with van der Waals surface area (Å²) < 4.78 is 0. The fraction of sp³-hybridized carbons (Fsp3) is 0.353. The van der Waals surface area contributed by atoms with Crippen LogP contribution in [0.4, 0.5) is 0 Å². The van der Waals surface area contributed by atoms with Gasteiger partial charge in [-0.3, -0.25) is 0 Å². The van der Waals surface area contributed by atoms with E-state index in [0.29, 0.717) is 0 Å². The van der Waals surface area contributed by atoms with Gasteiger partial charge in [0.15, 0.2) is 8.07 Å². The molecule has 1 aromatic rings. The lowest BCUT2D eigenvalue weighted by Gasteiger charge is -2.08. The molecular weight excluding hydrogens is 276 g/mol. The molecule has 0 saturated heterocycles. The topological polar surface area (TPSA) is 41.1 Å². The van der Waals surface area contributed by atoms with Crippen molar-refractivity contribution in [3.8, 4) is 0 Å². The highest BCUT2D eigenvalue weighted by Gasteiger charge is 2.35. The molecule has 0 spiro atoms. The maximum absolute atomic E-state index is 10.8. The first kappa shape index (κ1) is 15.9. The Labute approximate surface area is 128 Å². The molecular formula is C17H24N2OSi. The van der Waals surface area contributed by atoms with Gasteiger partial charge in [-0.25, -0.2) is 0 Å². The molecule has 1 heterocycles. The Kier molecular flexibility index (Phi) is 6.11. The molecule has 2 N–H and O–H groups in total. The van der Waals surface area contributed by atoms with Gasteiger partial charge in [-0.05, 0) is 30.1 Å². The van der Waals surface area contributed by atoms with Crippen LogP contribution < -0.4 is 10.6 Å². The van der Waals surface area contributed by atoms with Crippen LogP contribution >= 0.6 is 0 Å². The van der Waals surface area contributed by atoms with E-state index in [0.717, 1.165) is 44.2 Å². The van der Waals surface area contributed by atoms with E-state index < -0.39 is 8.07 Å².